The Hall–Kier alpha value is -0.260. The Labute approximate surface area is 99.5 Å². The third kappa shape index (κ3) is 3.15. The van der Waals surface area contributed by atoms with Gasteiger partial charge in [-0.2, -0.15) is 0 Å². The van der Waals surface area contributed by atoms with E-state index in [0.717, 1.165) is 8.95 Å². The molecule has 1 aromatic rings. The van der Waals surface area contributed by atoms with E-state index in [4.69, 9.17) is 15.6 Å². The van der Waals surface area contributed by atoms with Crippen LogP contribution < -0.4 is 10.5 Å². The summed E-state index contributed by atoms with van der Waals surface area (Å²) in [7, 11) is 0. The first-order chi connectivity index (χ1) is 6.50. The Morgan fingerprint density at radius 1 is 1.43 bits per heavy atom. The number of ether oxygens (including phenoxy) is 1. The first-order valence-corrected chi connectivity index (χ1v) is 5.64. The zero-order valence-electron chi connectivity index (χ0n) is 7.63. The van der Waals surface area contributed by atoms with Gasteiger partial charge in [-0.3, -0.25) is 0 Å². The Kier molecular flexibility index (Phi) is 4.22. The number of aliphatic hydroxyl groups excluding tert-OH is 1. The van der Waals surface area contributed by atoms with Crippen LogP contribution in [0.4, 0.5) is 5.69 Å². The Morgan fingerprint density at radius 2 is 1.93 bits per heavy atom. The molecular weight excluding hydrogens is 314 g/mol. The summed E-state index contributed by atoms with van der Waals surface area (Å²) >= 11 is 6.66. The van der Waals surface area contributed by atoms with Gasteiger partial charge < -0.3 is 15.6 Å². The maximum atomic E-state index is 9.07. The van der Waals surface area contributed by atoms with Gasteiger partial charge in [0.15, 0.2) is 0 Å². The van der Waals surface area contributed by atoms with E-state index >= 15 is 0 Å². The normalized spacial score (nSPS) is 12.6. The second kappa shape index (κ2) is 5.00. The maximum absolute atomic E-state index is 9.07. The lowest BCUT2D eigenvalue weighted by Gasteiger charge is -2.12. The molecule has 0 heterocycles. The van der Waals surface area contributed by atoms with Crippen molar-refractivity contribution in [1.29, 1.82) is 0 Å². The van der Waals surface area contributed by atoms with Crippen LogP contribution >= 0.6 is 31.9 Å². The number of halogens is 2. The molecule has 3 nitrogen and oxygen atoms in total. The van der Waals surface area contributed by atoms with Crippen molar-refractivity contribution >= 4 is 37.5 Å². The minimum atomic E-state index is -0.494. The van der Waals surface area contributed by atoms with Crippen molar-refractivity contribution in [2.75, 3.05) is 12.3 Å². The molecule has 1 aromatic carbocycles. The molecule has 0 aliphatic rings. The molecule has 0 aromatic heterocycles. The molecule has 3 N–H and O–H groups in total. The molecule has 0 aliphatic carbocycles. The van der Waals surface area contributed by atoms with Gasteiger partial charge in [0.05, 0.1) is 15.0 Å². The molecule has 0 radical (unpaired) electrons. The molecule has 0 fully saturated rings. The number of anilines is 1. The number of nitrogens with two attached hydrogens (primary N) is 1. The smallest absolute Gasteiger partial charge is 0.147 e. The highest BCUT2D eigenvalue weighted by Crippen LogP contribution is 2.35. The topological polar surface area (TPSA) is 55.5 Å². The Bertz CT molecular complexity index is 306. The molecular formula is C9H11Br2NO2. The number of benzene rings is 1. The number of aliphatic hydroxyl groups is 1. The number of nitrogen functional groups attached to an aromatic ring is 1. The quantitative estimate of drug-likeness (QED) is 0.840. The molecule has 1 rings (SSSR count). The number of hydrogen-bond donors (Lipinski definition) is 2. The van der Waals surface area contributed by atoms with Gasteiger partial charge in [-0.05, 0) is 50.9 Å². The first-order valence-electron chi connectivity index (χ1n) is 4.06. The van der Waals surface area contributed by atoms with Crippen molar-refractivity contribution in [1.82, 2.24) is 0 Å². The van der Waals surface area contributed by atoms with Gasteiger partial charge >= 0.3 is 0 Å². The van der Waals surface area contributed by atoms with Gasteiger partial charge in [-0.25, -0.2) is 0 Å². The average Bonchev–Trinajstić information content (AvgIpc) is 2.01. The SMILES string of the molecule is CC(O)COc1c(Br)cc(N)cc1Br. The summed E-state index contributed by atoms with van der Waals surface area (Å²) in [6.45, 7) is 1.92. The fourth-order valence-electron chi connectivity index (χ4n) is 0.921. The predicted molar refractivity (Wildman–Crippen MR) is 63.4 cm³/mol. The Morgan fingerprint density at radius 3 is 2.36 bits per heavy atom. The molecule has 0 amide bonds. The van der Waals surface area contributed by atoms with Crippen molar-refractivity contribution in [2.24, 2.45) is 0 Å². The van der Waals surface area contributed by atoms with Crippen LogP contribution in [0.25, 0.3) is 0 Å². The highest BCUT2D eigenvalue weighted by molar-refractivity contribution is 9.11. The van der Waals surface area contributed by atoms with Crippen LogP contribution in [0.3, 0.4) is 0 Å². The summed E-state index contributed by atoms with van der Waals surface area (Å²) in [5, 5.41) is 9.07. The summed E-state index contributed by atoms with van der Waals surface area (Å²) in [4.78, 5) is 0. The number of hydrogen-bond acceptors (Lipinski definition) is 3. The van der Waals surface area contributed by atoms with Gasteiger partial charge in [-0.15, -0.1) is 0 Å². The molecule has 78 valence electrons. The highest BCUT2D eigenvalue weighted by atomic mass is 79.9. The largest absolute Gasteiger partial charge is 0.489 e. The lowest BCUT2D eigenvalue weighted by molar-refractivity contribution is 0.122. The first kappa shape index (κ1) is 11.8. The van der Waals surface area contributed by atoms with Gasteiger partial charge in [0.25, 0.3) is 0 Å². The van der Waals surface area contributed by atoms with E-state index in [-0.39, 0.29) is 6.61 Å². The molecule has 5 heteroatoms. The van der Waals surface area contributed by atoms with Crippen LogP contribution in [-0.2, 0) is 0 Å². The van der Waals surface area contributed by atoms with Crippen molar-refractivity contribution in [3.8, 4) is 5.75 Å². The second-order valence-corrected chi connectivity index (χ2v) is 4.68. The van der Waals surface area contributed by atoms with E-state index in [9.17, 15) is 0 Å². The van der Waals surface area contributed by atoms with E-state index in [1.54, 1.807) is 19.1 Å². The van der Waals surface area contributed by atoms with E-state index < -0.39 is 6.10 Å². The number of rotatable bonds is 3. The van der Waals surface area contributed by atoms with E-state index in [1.165, 1.54) is 0 Å². The van der Waals surface area contributed by atoms with Gasteiger partial charge in [0.2, 0.25) is 0 Å². The van der Waals surface area contributed by atoms with Crippen LogP contribution in [0, 0.1) is 0 Å². The predicted octanol–water partition coefficient (Wildman–Crippen LogP) is 2.55. The van der Waals surface area contributed by atoms with Crippen LogP contribution in [-0.4, -0.2) is 17.8 Å². The maximum Gasteiger partial charge on any atom is 0.147 e. The van der Waals surface area contributed by atoms with Crippen LogP contribution in [0.15, 0.2) is 21.1 Å². The van der Waals surface area contributed by atoms with Crippen molar-refractivity contribution < 1.29 is 9.84 Å². The van der Waals surface area contributed by atoms with Crippen molar-refractivity contribution in [3.05, 3.63) is 21.1 Å². The van der Waals surface area contributed by atoms with Crippen molar-refractivity contribution in [2.45, 2.75) is 13.0 Å². The van der Waals surface area contributed by atoms with Gasteiger partial charge in [0, 0.05) is 5.69 Å². The zero-order valence-corrected chi connectivity index (χ0v) is 10.8. The monoisotopic (exact) mass is 323 g/mol. The molecule has 1 atom stereocenters. The molecule has 0 saturated heterocycles. The van der Waals surface area contributed by atoms with E-state index in [1.807, 2.05) is 0 Å². The van der Waals surface area contributed by atoms with Crippen molar-refractivity contribution in [3.63, 3.8) is 0 Å². The standard InChI is InChI=1S/C9H11Br2NO2/c1-5(13)4-14-9-7(10)2-6(12)3-8(9)11/h2-3,5,13H,4,12H2,1H3. The second-order valence-electron chi connectivity index (χ2n) is 2.97. The third-order valence-corrected chi connectivity index (χ3v) is 2.67. The third-order valence-electron chi connectivity index (χ3n) is 1.49. The van der Waals surface area contributed by atoms with Crippen LogP contribution in [0.2, 0.25) is 0 Å². The molecule has 0 spiro atoms. The minimum absolute atomic E-state index is 0.251. The minimum Gasteiger partial charge on any atom is -0.489 e. The lowest BCUT2D eigenvalue weighted by Crippen LogP contribution is -2.13. The zero-order chi connectivity index (χ0) is 10.7. The average molecular weight is 325 g/mol. The van der Waals surface area contributed by atoms with E-state index in [0.29, 0.717) is 11.4 Å². The summed E-state index contributed by atoms with van der Waals surface area (Å²) in [6.07, 6.45) is -0.494. The van der Waals surface area contributed by atoms with Crippen LogP contribution in [0.5, 0.6) is 5.75 Å². The summed E-state index contributed by atoms with van der Waals surface area (Å²) in [6, 6.07) is 3.50. The molecule has 0 bridgehead atoms. The fourth-order valence-corrected chi connectivity index (χ4v) is 2.37. The summed E-state index contributed by atoms with van der Waals surface area (Å²) in [5.74, 6) is 0.653. The summed E-state index contributed by atoms with van der Waals surface area (Å²) < 4.78 is 6.92. The van der Waals surface area contributed by atoms with Gasteiger partial charge in [-0.1, -0.05) is 0 Å². The van der Waals surface area contributed by atoms with Gasteiger partial charge in [0.1, 0.15) is 12.4 Å². The Balaban J connectivity index is 2.86. The molecule has 14 heavy (non-hydrogen) atoms. The molecule has 1 unspecified atom stereocenters. The van der Waals surface area contributed by atoms with E-state index in [2.05, 4.69) is 31.9 Å². The van der Waals surface area contributed by atoms with Crippen LogP contribution in [0.1, 0.15) is 6.92 Å². The molecule has 0 aliphatic heterocycles. The molecule has 0 saturated carbocycles. The summed E-state index contributed by atoms with van der Waals surface area (Å²) in [5.41, 5.74) is 6.27. The highest BCUT2D eigenvalue weighted by Gasteiger charge is 2.08. The lowest BCUT2D eigenvalue weighted by atomic mass is 10.3. The fraction of sp³-hybridized carbons (Fsp3) is 0.333.